The molecule has 2 nitrogen and oxygen atoms in total. The Balaban J connectivity index is 1.95. The summed E-state index contributed by atoms with van der Waals surface area (Å²) in [6, 6.07) is 18.6. The molecule has 24 heavy (non-hydrogen) atoms. The van der Waals surface area contributed by atoms with Crippen molar-refractivity contribution in [1.82, 2.24) is 0 Å². The highest BCUT2D eigenvalue weighted by molar-refractivity contribution is 6.30. The maximum absolute atomic E-state index is 9.14. The van der Waals surface area contributed by atoms with E-state index < -0.39 is 0 Å². The van der Waals surface area contributed by atoms with Crippen LogP contribution in [0.5, 0.6) is 0 Å². The van der Waals surface area contributed by atoms with Crippen molar-refractivity contribution in [2.45, 2.75) is 38.6 Å². The second-order valence-corrected chi connectivity index (χ2v) is 6.59. The Labute approximate surface area is 150 Å². The zero-order chi connectivity index (χ0) is 17.2. The molecule has 3 heteroatoms. The van der Waals surface area contributed by atoms with Crippen LogP contribution in [0.15, 0.2) is 66.2 Å². The van der Waals surface area contributed by atoms with Crippen LogP contribution in [0, 0.1) is 0 Å². The summed E-state index contributed by atoms with van der Waals surface area (Å²) in [7, 11) is 0. The van der Waals surface area contributed by atoms with Gasteiger partial charge in [0.1, 0.15) is 0 Å². The number of allylic oxidation sites excluding steroid dienone is 1. The van der Waals surface area contributed by atoms with Gasteiger partial charge in [-0.25, -0.2) is 0 Å². The third-order valence-electron chi connectivity index (χ3n) is 4.02. The predicted molar refractivity (Wildman–Crippen MR) is 104 cm³/mol. The van der Waals surface area contributed by atoms with E-state index in [0.717, 1.165) is 36.4 Å². The molecular formula is C21H26ClNO. The van der Waals surface area contributed by atoms with Gasteiger partial charge in [-0.1, -0.05) is 53.6 Å². The number of anilines is 1. The monoisotopic (exact) mass is 343 g/mol. The molecule has 0 heterocycles. The lowest BCUT2D eigenvalue weighted by atomic mass is 10.0. The average molecular weight is 344 g/mol. The summed E-state index contributed by atoms with van der Waals surface area (Å²) in [6.45, 7) is 2.41. The maximum Gasteiger partial charge on any atom is 0.0431 e. The fraction of sp³-hybridized carbons (Fsp3) is 0.333. The molecule has 0 saturated heterocycles. The summed E-state index contributed by atoms with van der Waals surface area (Å²) in [5.41, 5.74) is 3.76. The van der Waals surface area contributed by atoms with Crippen molar-refractivity contribution in [2.24, 2.45) is 0 Å². The number of aliphatic hydroxyl groups excluding tert-OH is 1. The van der Waals surface area contributed by atoms with Gasteiger partial charge in [0.15, 0.2) is 0 Å². The van der Waals surface area contributed by atoms with Gasteiger partial charge in [-0.3, -0.25) is 0 Å². The molecule has 0 bridgehead atoms. The fourth-order valence-corrected chi connectivity index (χ4v) is 2.85. The molecule has 2 aromatic rings. The molecule has 0 amide bonds. The van der Waals surface area contributed by atoms with Crippen molar-refractivity contribution in [2.75, 3.05) is 11.9 Å². The highest BCUT2D eigenvalue weighted by Crippen LogP contribution is 2.19. The topological polar surface area (TPSA) is 32.3 Å². The first-order valence-electron chi connectivity index (χ1n) is 8.50. The largest absolute Gasteiger partial charge is 0.396 e. The molecule has 128 valence electrons. The number of hydrogen-bond acceptors (Lipinski definition) is 2. The zero-order valence-electron chi connectivity index (χ0n) is 14.2. The zero-order valence-corrected chi connectivity index (χ0v) is 15.0. The molecule has 2 N–H and O–H groups in total. The Bertz CT molecular complexity index is 622. The summed E-state index contributed by atoms with van der Waals surface area (Å²) in [4.78, 5) is 0. The smallest absolute Gasteiger partial charge is 0.0431 e. The Morgan fingerprint density at radius 1 is 1.12 bits per heavy atom. The number of benzene rings is 2. The quantitative estimate of drug-likeness (QED) is 0.591. The maximum atomic E-state index is 9.14. The summed E-state index contributed by atoms with van der Waals surface area (Å²) >= 11 is 5.95. The molecule has 2 aromatic carbocycles. The minimum atomic E-state index is 0.228. The highest BCUT2D eigenvalue weighted by Gasteiger charge is 2.09. The van der Waals surface area contributed by atoms with Gasteiger partial charge >= 0.3 is 0 Å². The van der Waals surface area contributed by atoms with E-state index in [0.29, 0.717) is 6.04 Å². The molecule has 0 radical (unpaired) electrons. The summed E-state index contributed by atoms with van der Waals surface area (Å²) in [5, 5.41) is 13.4. The van der Waals surface area contributed by atoms with Crippen molar-refractivity contribution in [3.05, 3.63) is 76.8 Å². The van der Waals surface area contributed by atoms with Crippen LogP contribution >= 0.6 is 11.6 Å². The molecule has 2 rings (SSSR count). The van der Waals surface area contributed by atoms with Crippen molar-refractivity contribution < 1.29 is 5.11 Å². The van der Waals surface area contributed by atoms with E-state index in [4.69, 9.17) is 16.7 Å². The van der Waals surface area contributed by atoms with Crippen LogP contribution < -0.4 is 5.32 Å². The van der Waals surface area contributed by atoms with Crippen LogP contribution in [0.2, 0.25) is 5.02 Å². The number of nitrogens with one attached hydrogen (secondary N) is 1. The Morgan fingerprint density at radius 2 is 1.83 bits per heavy atom. The molecule has 0 aliphatic heterocycles. The van der Waals surface area contributed by atoms with Gasteiger partial charge in [-0.2, -0.15) is 0 Å². The number of rotatable bonds is 9. The standard InChI is InChI=1S/C21H26ClNO/c1-17(9-10-18-6-3-2-4-7-18)16-21(8-5-15-24)23-20-13-11-19(22)12-14-20/h2-4,6-7,9,11-14,21,23-24H,5,8,10,15-16H2,1H3/b17-9+. The van der Waals surface area contributed by atoms with E-state index in [9.17, 15) is 0 Å². The van der Waals surface area contributed by atoms with Gasteiger partial charge in [0.05, 0.1) is 0 Å². The molecule has 1 unspecified atom stereocenters. The Morgan fingerprint density at radius 3 is 2.50 bits per heavy atom. The van der Waals surface area contributed by atoms with Crippen molar-refractivity contribution >= 4 is 17.3 Å². The second-order valence-electron chi connectivity index (χ2n) is 6.16. The van der Waals surface area contributed by atoms with E-state index in [-0.39, 0.29) is 6.61 Å². The van der Waals surface area contributed by atoms with Gasteiger partial charge in [0.25, 0.3) is 0 Å². The Hall–Kier alpha value is -1.77. The molecule has 0 aliphatic rings. The van der Waals surface area contributed by atoms with E-state index in [1.807, 2.05) is 30.3 Å². The lowest BCUT2D eigenvalue weighted by Gasteiger charge is -2.20. The number of aliphatic hydroxyl groups is 1. The molecule has 0 aliphatic carbocycles. The lowest BCUT2D eigenvalue weighted by Crippen LogP contribution is -2.20. The molecule has 0 aromatic heterocycles. The minimum absolute atomic E-state index is 0.228. The fourth-order valence-electron chi connectivity index (χ4n) is 2.72. The first-order valence-corrected chi connectivity index (χ1v) is 8.87. The first-order chi connectivity index (χ1) is 11.7. The van der Waals surface area contributed by atoms with Crippen LogP contribution in [0.25, 0.3) is 0 Å². The van der Waals surface area contributed by atoms with Crippen LogP contribution in [-0.4, -0.2) is 17.8 Å². The summed E-state index contributed by atoms with van der Waals surface area (Å²) in [6.07, 6.45) is 5.97. The van der Waals surface area contributed by atoms with Gasteiger partial charge in [0, 0.05) is 23.4 Å². The summed E-state index contributed by atoms with van der Waals surface area (Å²) < 4.78 is 0. The van der Waals surface area contributed by atoms with Crippen molar-refractivity contribution in [1.29, 1.82) is 0 Å². The number of halogens is 1. The van der Waals surface area contributed by atoms with Crippen LogP contribution in [0.1, 0.15) is 31.7 Å². The van der Waals surface area contributed by atoms with E-state index in [2.05, 4.69) is 42.6 Å². The van der Waals surface area contributed by atoms with E-state index >= 15 is 0 Å². The van der Waals surface area contributed by atoms with Crippen molar-refractivity contribution in [3.63, 3.8) is 0 Å². The van der Waals surface area contributed by atoms with E-state index in [1.165, 1.54) is 11.1 Å². The molecular weight excluding hydrogens is 318 g/mol. The lowest BCUT2D eigenvalue weighted by molar-refractivity contribution is 0.281. The first kappa shape index (κ1) is 18.6. The van der Waals surface area contributed by atoms with Gasteiger partial charge in [-0.05, 0) is 62.4 Å². The van der Waals surface area contributed by atoms with Gasteiger partial charge in [0.2, 0.25) is 0 Å². The van der Waals surface area contributed by atoms with Crippen LogP contribution in [0.3, 0.4) is 0 Å². The van der Waals surface area contributed by atoms with Crippen molar-refractivity contribution in [3.8, 4) is 0 Å². The third-order valence-corrected chi connectivity index (χ3v) is 4.28. The molecule has 0 saturated carbocycles. The molecule has 0 spiro atoms. The minimum Gasteiger partial charge on any atom is -0.396 e. The Kier molecular flexibility index (Phi) is 7.87. The molecule has 0 fully saturated rings. The van der Waals surface area contributed by atoms with Crippen LogP contribution in [0.4, 0.5) is 5.69 Å². The van der Waals surface area contributed by atoms with E-state index in [1.54, 1.807) is 0 Å². The highest BCUT2D eigenvalue weighted by atomic mass is 35.5. The SMILES string of the molecule is C/C(=C\Cc1ccccc1)CC(CCCO)Nc1ccc(Cl)cc1. The summed E-state index contributed by atoms with van der Waals surface area (Å²) in [5.74, 6) is 0. The molecule has 1 atom stereocenters. The number of hydrogen-bond donors (Lipinski definition) is 2. The second kappa shape index (κ2) is 10.2. The normalized spacial score (nSPS) is 12.9. The predicted octanol–water partition coefficient (Wildman–Crippen LogP) is 5.47. The van der Waals surface area contributed by atoms with Gasteiger partial charge in [-0.15, -0.1) is 0 Å². The average Bonchev–Trinajstić information content (AvgIpc) is 2.61. The van der Waals surface area contributed by atoms with Crippen LogP contribution in [-0.2, 0) is 6.42 Å². The van der Waals surface area contributed by atoms with Gasteiger partial charge < -0.3 is 10.4 Å². The third kappa shape index (κ3) is 6.77.